The quantitative estimate of drug-likeness (QED) is 0.637. The Labute approximate surface area is 172 Å². The van der Waals surface area contributed by atoms with Crippen molar-refractivity contribution in [3.63, 3.8) is 0 Å². The summed E-state index contributed by atoms with van der Waals surface area (Å²) in [6.45, 7) is 0.711. The molecule has 0 atom stereocenters. The van der Waals surface area contributed by atoms with Crippen LogP contribution in [0.5, 0.6) is 11.5 Å². The topological polar surface area (TPSA) is 108 Å². The molecular weight excluding hydrogens is 389 g/mol. The predicted octanol–water partition coefficient (Wildman–Crippen LogP) is 2.78. The van der Waals surface area contributed by atoms with Crippen molar-refractivity contribution in [1.29, 1.82) is 0 Å². The molecule has 1 aliphatic rings. The zero-order valence-corrected chi connectivity index (χ0v) is 17.1. The second-order valence-electron chi connectivity index (χ2n) is 6.32. The van der Waals surface area contributed by atoms with Crippen molar-refractivity contribution in [3.05, 3.63) is 35.5 Å². The minimum Gasteiger partial charge on any atom is -0.497 e. The van der Waals surface area contributed by atoms with Gasteiger partial charge in [0, 0.05) is 30.6 Å². The second-order valence-corrected chi connectivity index (χ2v) is 6.32. The Hall–Kier alpha value is -1.96. The zero-order valence-electron chi connectivity index (χ0n) is 15.5. The highest BCUT2D eigenvalue weighted by atomic mass is 35.5. The summed E-state index contributed by atoms with van der Waals surface area (Å²) < 4.78 is 10.6. The highest BCUT2D eigenvalue weighted by Crippen LogP contribution is 2.35. The maximum Gasteiger partial charge on any atom is 0.222 e. The lowest BCUT2D eigenvalue weighted by Gasteiger charge is -2.32. The van der Waals surface area contributed by atoms with Crippen LogP contribution in [-0.2, 0) is 6.42 Å². The normalized spacial score (nSPS) is 17.7. The van der Waals surface area contributed by atoms with Crippen LogP contribution in [0.2, 0.25) is 0 Å². The molecule has 3 rings (SSSR count). The highest BCUT2D eigenvalue weighted by molar-refractivity contribution is 5.85. The summed E-state index contributed by atoms with van der Waals surface area (Å²) in [5.74, 6) is 3.02. The van der Waals surface area contributed by atoms with Gasteiger partial charge in [0.15, 0.2) is 0 Å². The molecule has 5 N–H and O–H groups in total. The highest BCUT2D eigenvalue weighted by Gasteiger charge is 2.29. The van der Waals surface area contributed by atoms with E-state index in [0.29, 0.717) is 18.4 Å². The lowest BCUT2D eigenvalue weighted by molar-refractivity contribution is 0.345. The van der Waals surface area contributed by atoms with Crippen LogP contribution in [0.25, 0.3) is 0 Å². The van der Waals surface area contributed by atoms with Crippen molar-refractivity contribution in [2.24, 2.45) is 5.73 Å². The number of ether oxygens (including phenoxy) is 2. The average Bonchev–Trinajstić information content (AvgIpc) is 2.58. The Kier molecular flexibility index (Phi) is 8.88. The number of nitrogens with zero attached hydrogens (tertiary/aromatic N) is 2. The maximum atomic E-state index is 5.86. The summed E-state index contributed by atoms with van der Waals surface area (Å²) in [5, 5.41) is 3.32. The molecule has 1 aliphatic carbocycles. The van der Waals surface area contributed by atoms with Gasteiger partial charge in [0.2, 0.25) is 5.95 Å². The summed E-state index contributed by atoms with van der Waals surface area (Å²) in [7, 11) is 3.30. The Morgan fingerprint density at radius 3 is 2.48 bits per heavy atom. The monoisotopic (exact) mass is 415 g/mol. The van der Waals surface area contributed by atoms with Crippen LogP contribution in [-0.4, -0.2) is 36.8 Å². The summed E-state index contributed by atoms with van der Waals surface area (Å²) in [4.78, 5) is 8.61. The number of rotatable bonds is 7. The largest absolute Gasteiger partial charge is 0.497 e. The van der Waals surface area contributed by atoms with Crippen molar-refractivity contribution >= 4 is 36.6 Å². The fourth-order valence-electron chi connectivity index (χ4n) is 3.07. The Morgan fingerprint density at radius 2 is 1.85 bits per heavy atom. The zero-order chi connectivity index (χ0) is 17.8. The van der Waals surface area contributed by atoms with Gasteiger partial charge in [-0.15, -0.1) is 24.8 Å². The first kappa shape index (κ1) is 23.1. The number of anilines is 2. The van der Waals surface area contributed by atoms with Crippen LogP contribution >= 0.6 is 24.8 Å². The summed E-state index contributed by atoms with van der Waals surface area (Å²) in [6, 6.07) is 8.07. The van der Waals surface area contributed by atoms with Gasteiger partial charge in [-0.05, 0) is 30.9 Å². The smallest absolute Gasteiger partial charge is 0.222 e. The van der Waals surface area contributed by atoms with Gasteiger partial charge in [0.05, 0.1) is 19.9 Å². The van der Waals surface area contributed by atoms with E-state index in [0.717, 1.165) is 47.8 Å². The summed E-state index contributed by atoms with van der Waals surface area (Å²) in [5.41, 5.74) is 13.8. The van der Waals surface area contributed by atoms with Crippen LogP contribution < -0.4 is 26.3 Å². The van der Waals surface area contributed by atoms with E-state index in [1.165, 1.54) is 0 Å². The second kappa shape index (κ2) is 10.4. The van der Waals surface area contributed by atoms with Crippen LogP contribution in [0, 0.1) is 0 Å². The molecule has 0 spiro atoms. The first-order valence-electron chi connectivity index (χ1n) is 8.44. The molecule has 1 fully saturated rings. The third kappa shape index (κ3) is 5.76. The molecule has 0 amide bonds. The molecule has 0 radical (unpaired) electrons. The number of nitrogen functional groups attached to an aromatic ring is 1. The summed E-state index contributed by atoms with van der Waals surface area (Å²) >= 11 is 0. The number of aromatic nitrogens is 2. The van der Waals surface area contributed by atoms with E-state index in [2.05, 4.69) is 15.3 Å². The third-order valence-corrected chi connectivity index (χ3v) is 4.55. The van der Waals surface area contributed by atoms with Crippen LogP contribution in [0.3, 0.4) is 0 Å². The number of nitrogens with two attached hydrogens (primary N) is 2. The molecule has 0 aliphatic heterocycles. The van der Waals surface area contributed by atoms with Gasteiger partial charge >= 0.3 is 0 Å². The molecule has 150 valence electrons. The molecule has 27 heavy (non-hydrogen) atoms. The van der Waals surface area contributed by atoms with Gasteiger partial charge in [-0.2, -0.15) is 4.98 Å². The van der Waals surface area contributed by atoms with E-state index >= 15 is 0 Å². The molecule has 0 saturated heterocycles. The Balaban J connectivity index is 0.00000182. The fourth-order valence-corrected chi connectivity index (χ4v) is 3.07. The van der Waals surface area contributed by atoms with Gasteiger partial charge in [-0.1, -0.05) is 6.07 Å². The minimum absolute atomic E-state index is 0. The molecule has 1 aromatic heterocycles. The van der Waals surface area contributed by atoms with E-state index < -0.39 is 0 Å². The molecule has 1 aromatic carbocycles. The van der Waals surface area contributed by atoms with Crippen LogP contribution in [0.15, 0.2) is 24.3 Å². The van der Waals surface area contributed by atoms with E-state index in [1.807, 2.05) is 24.3 Å². The number of nitrogens with one attached hydrogen (secondary N) is 1. The Morgan fingerprint density at radius 1 is 1.11 bits per heavy atom. The standard InChI is InChI=1S/C18H25N5O2.2ClH/c1-24-14-4-3-11(16(9-14)25-2)5-6-21-17-10-15(22-18(20)23-17)12-7-13(19)8-12;;/h3-4,9-10,12-13H,5-8,19H2,1-2H3,(H3,20,21,22,23);2*1H. The van der Waals surface area contributed by atoms with Crippen LogP contribution in [0.1, 0.15) is 30.0 Å². The number of hydrogen-bond acceptors (Lipinski definition) is 7. The molecule has 9 heteroatoms. The van der Waals surface area contributed by atoms with Gasteiger partial charge < -0.3 is 26.3 Å². The van der Waals surface area contributed by atoms with E-state index in [9.17, 15) is 0 Å². The van der Waals surface area contributed by atoms with Crippen molar-refractivity contribution in [3.8, 4) is 11.5 Å². The number of methoxy groups -OCH3 is 2. The molecule has 0 bridgehead atoms. The maximum absolute atomic E-state index is 5.86. The van der Waals surface area contributed by atoms with Gasteiger partial charge in [-0.25, -0.2) is 4.98 Å². The van der Waals surface area contributed by atoms with Crippen LogP contribution in [0.4, 0.5) is 11.8 Å². The van der Waals surface area contributed by atoms with Gasteiger partial charge in [0.1, 0.15) is 17.3 Å². The van der Waals surface area contributed by atoms with E-state index in [-0.39, 0.29) is 30.9 Å². The number of hydrogen-bond donors (Lipinski definition) is 3. The van der Waals surface area contributed by atoms with Crippen molar-refractivity contribution in [2.75, 3.05) is 31.8 Å². The first-order valence-corrected chi connectivity index (χ1v) is 8.44. The number of halogens is 2. The van der Waals surface area contributed by atoms with E-state index in [1.54, 1.807) is 14.2 Å². The Bertz CT molecular complexity index is 742. The molecule has 0 unspecified atom stereocenters. The lowest BCUT2D eigenvalue weighted by atomic mass is 9.78. The lowest BCUT2D eigenvalue weighted by Crippen LogP contribution is -2.35. The minimum atomic E-state index is 0. The van der Waals surface area contributed by atoms with Crippen molar-refractivity contribution < 1.29 is 9.47 Å². The molecule has 1 heterocycles. The van der Waals surface area contributed by atoms with Crippen molar-refractivity contribution in [1.82, 2.24) is 9.97 Å². The van der Waals surface area contributed by atoms with E-state index in [4.69, 9.17) is 20.9 Å². The first-order chi connectivity index (χ1) is 12.1. The number of benzene rings is 1. The SMILES string of the molecule is COc1ccc(CCNc2cc(C3CC(N)C3)nc(N)n2)c(OC)c1.Cl.Cl. The van der Waals surface area contributed by atoms with Gasteiger partial charge in [0.25, 0.3) is 0 Å². The molecule has 1 saturated carbocycles. The molecule has 2 aromatic rings. The van der Waals surface area contributed by atoms with Gasteiger partial charge in [-0.3, -0.25) is 0 Å². The molecular formula is C18H27Cl2N5O2. The molecule has 7 nitrogen and oxygen atoms in total. The van der Waals surface area contributed by atoms with Crippen molar-refractivity contribution in [2.45, 2.75) is 31.2 Å². The predicted molar refractivity (Wildman–Crippen MR) is 113 cm³/mol. The summed E-state index contributed by atoms with van der Waals surface area (Å²) in [6.07, 6.45) is 2.71. The fraction of sp³-hybridized carbons (Fsp3) is 0.444. The third-order valence-electron chi connectivity index (χ3n) is 4.55. The average molecular weight is 416 g/mol.